The van der Waals surface area contributed by atoms with Crippen LogP contribution in [0.3, 0.4) is 0 Å². The number of amides is 1. The Hall–Kier alpha value is -1.49. The van der Waals surface area contributed by atoms with Crippen molar-refractivity contribution >= 4 is 5.91 Å². The number of carbonyl (C=O) groups excluding carboxylic acids is 1. The smallest absolute Gasteiger partial charge is 0.256 e. The average molecular weight is 282 g/mol. The predicted molar refractivity (Wildman–Crippen MR) is 73.6 cm³/mol. The highest BCUT2D eigenvalue weighted by Crippen LogP contribution is 2.14. The molecule has 1 fully saturated rings. The van der Waals surface area contributed by atoms with Gasteiger partial charge >= 0.3 is 0 Å². The maximum absolute atomic E-state index is 13.6. The molecule has 2 rings (SSSR count). The molecule has 1 heterocycles. The van der Waals surface area contributed by atoms with E-state index in [9.17, 15) is 13.6 Å². The first-order valence-electron chi connectivity index (χ1n) is 7.02. The van der Waals surface area contributed by atoms with Crippen molar-refractivity contribution in [2.45, 2.75) is 31.7 Å². The fourth-order valence-electron chi connectivity index (χ4n) is 2.49. The zero-order valence-electron chi connectivity index (χ0n) is 11.7. The van der Waals surface area contributed by atoms with Crippen LogP contribution in [0.15, 0.2) is 18.2 Å². The Labute approximate surface area is 118 Å². The largest absolute Gasteiger partial charge is 0.342 e. The summed E-state index contributed by atoms with van der Waals surface area (Å²) in [6.45, 7) is 1.59. The predicted octanol–water partition coefficient (Wildman–Crippen LogP) is 2.57. The van der Waals surface area contributed by atoms with Gasteiger partial charge < -0.3 is 10.2 Å². The Morgan fingerprint density at radius 2 is 2.20 bits per heavy atom. The van der Waals surface area contributed by atoms with Crippen molar-refractivity contribution < 1.29 is 13.6 Å². The Balaban J connectivity index is 1.90. The molecule has 0 aromatic heterocycles. The molecule has 1 unspecified atom stereocenters. The van der Waals surface area contributed by atoms with E-state index < -0.39 is 17.5 Å². The maximum Gasteiger partial charge on any atom is 0.256 e. The molecule has 1 aromatic rings. The van der Waals surface area contributed by atoms with Crippen molar-refractivity contribution in [2.75, 3.05) is 20.1 Å². The van der Waals surface area contributed by atoms with Gasteiger partial charge in [0, 0.05) is 25.7 Å². The van der Waals surface area contributed by atoms with Crippen LogP contribution in [0.5, 0.6) is 0 Å². The van der Waals surface area contributed by atoms with Crippen LogP contribution in [0.4, 0.5) is 8.78 Å². The molecule has 20 heavy (non-hydrogen) atoms. The van der Waals surface area contributed by atoms with Gasteiger partial charge in [0.2, 0.25) is 0 Å². The van der Waals surface area contributed by atoms with Crippen LogP contribution in [0.2, 0.25) is 0 Å². The van der Waals surface area contributed by atoms with Crippen LogP contribution in [0.25, 0.3) is 0 Å². The summed E-state index contributed by atoms with van der Waals surface area (Å²) in [4.78, 5) is 13.6. The number of nitrogens with one attached hydrogen (secondary N) is 1. The van der Waals surface area contributed by atoms with Gasteiger partial charge in [-0.3, -0.25) is 4.79 Å². The van der Waals surface area contributed by atoms with Gasteiger partial charge in [-0.15, -0.1) is 0 Å². The lowest BCUT2D eigenvalue weighted by molar-refractivity contribution is 0.0783. The number of carbonyl (C=O) groups is 1. The molecule has 0 radical (unpaired) electrons. The monoisotopic (exact) mass is 282 g/mol. The second-order valence-corrected chi connectivity index (χ2v) is 5.29. The molecule has 1 saturated heterocycles. The molecular formula is C15H20F2N2O. The first kappa shape index (κ1) is 14.9. The molecule has 0 spiro atoms. The van der Waals surface area contributed by atoms with Crippen LogP contribution in [-0.4, -0.2) is 37.0 Å². The van der Waals surface area contributed by atoms with Crippen LogP contribution in [0.1, 0.15) is 36.0 Å². The van der Waals surface area contributed by atoms with E-state index in [4.69, 9.17) is 0 Å². The standard InChI is InChI=1S/C15H20F2N2O/c1-19(9-7-12-4-2-3-8-18-12)15(20)13-6-5-11(16)10-14(13)17/h5-6,10,12,18H,2-4,7-9H2,1H3. The SMILES string of the molecule is CN(CCC1CCCCN1)C(=O)c1ccc(F)cc1F. The van der Waals surface area contributed by atoms with Gasteiger partial charge in [-0.25, -0.2) is 8.78 Å². The lowest BCUT2D eigenvalue weighted by Gasteiger charge is -2.26. The summed E-state index contributed by atoms with van der Waals surface area (Å²) in [5.41, 5.74) is -0.0782. The lowest BCUT2D eigenvalue weighted by Crippen LogP contribution is -2.38. The summed E-state index contributed by atoms with van der Waals surface area (Å²) in [5, 5.41) is 3.41. The number of rotatable bonds is 4. The van der Waals surface area contributed by atoms with E-state index in [2.05, 4.69) is 5.32 Å². The van der Waals surface area contributed by atoms with Crippen LogP contribution >= 0.6 is 0 Å². The van der Waals surface area contributed by atoms with E-state index in [1.54, 1.807) is 7.05 Å². The molecule has 1 aliphatic heterocycles. The summed E-state index contributed by atoms with van der Waals surface area (Å²) in [5.74, 6) is -1.89. The van der Waals surface area contributed by atoms with E-state index in [0.717, 1.165) is 31.5 Å². The zero-order chi connectivity index (χ0) is 14.5. The second-order valence-electron chi connectivity index (χ2n) is 5.29. The minimum atomic E-state index is -0.808. The number of halogens is 2. The summed E-state index contributed by atoms with van der Waals surface area (Å²) in [7, 11) is 1.65. The third-order valence-electron chi connectivity index (χ3n) is 3.73. The zero-order valence-corrected chi connectivity index (χ0v) is 11.7. The molecular weight excluding hydrogens is 262 g/mol. The molecule has 0 aliphatic carbocycles. The Morgan fingerprint density at radius 3 is 2.85 bits per heavy atom. The minimum Gasteiger partial charge on any atom is -0.342 e. The average Bonchev–Trinajstić information content (AvgIpc) is 2.45. The van der Waals surface area contributed by atoms with E-state index in [-0.39, 0.29) is 5.56 Å². The lowest BCUT2D eigenvalue weighted by atomic mass is 10.0. The van der Waals surface area contributed by atoms with Gasteiger partial charge in [0.25, 0.3) is 5.91 Å². The molecule has 0 bridgehead atoms. The maximum atomic E-state index is 13.6. The van der Waals surface area contributed by atoms with E-state index >= 15 is 0 Å². The molecule has 5 heteroatoms. The summed E-state index contributed by atoms with van der Waals surface area (Å²) < 4.78 is 26.4. The Bertz CT molecular complexity index is 473. The summed E-state index contributed by atoms with van der Waals surface area (Å²) in [6, 6.07) is 3.47. The molecule has 1 amide bonds. The highest BCUT2D eigenvalue weighted by molar-refractivity contribution is 5.94. The second kappa shape index (κ2) is 6.79. The quantitative estimate of drug-likeness (QED) is 0.920. The summed E-state index contributed by atoms with van der Waals surface area (Å²) in [6.07, 6.45) is 4.38. The van der Waals surface area contributed by atoms with E-state index in [1.807, 2.05) is 0 Å². The fourth-order valence-corrected chi connectivity index (χ4v) is 2.49. The molecule has 0 saturated carbocycles. The highest BCUT2D eigenvalue weighted by Gasteiger charge is 2.18. The van der Waals surface area contributed by atoms with Crippen molar-refractivity contribution in [1.82, 2.24) is 10.2 Å². The molecule has 110 valence electrons. The number of hydrogen-bond donors (Lipinski definition) is 1. The van der Waals surface area contributed by atoms with Gasteiger partial charge in [-0.2, -0.15) is 0 Å². The van der Waals surface area contributed by atoms with Crippen LogP contribution < -0.4 is 5.32 Å². The number of piperidine rings is 1. The van der Waals surface area contributed by atoms with E-state index in [0.29, 0.717) is 12.6 Å². The van der Waals surface area contributed by atoms with Crippen molar-refractivity contribution in [3.63, 3.8) is 0 Å². The van der Waals surface area contributed by atoms with Crippen molar-refractivity contribution in [2.24, 2.45) is 0 Å². The molecule has 1 N–H and O–H groups in total. The third kappa shape index (κ3) is 3.76. The first-order chi connectivity index (χ1) is 9.58. The van der Waals surface area contributed by atoms with Gasteiger partial charge in [0.05, 0.1) is 5.56 Å². The van der Waals surface area contributed by atoms with Gasteiger partial charge in [-0.05, 0) is 37.9 Å². The fraction of sp³-hybridized carbons (Fsp3) is 0.533. The molecule has 1 aliphatic rings. The molecule has 1 atom stereocenters. The van der Waals surface area contributed by atoms with Crippen molar-refractivity contribution in [3.8, 4) is 0 Å². The topological polar surface area (TPSA) is 32.3 Å². The van der Waals surface area contributed by atoms with E-state index in [1.165, 1.54) is 23.8 Å². The first-order valence-corrected chi connectivity index (χ1v) is 7.02. The van der Waals surface area contributed by atoms with Gasteiger partial charge in [0.15, 0.2) is 0 Å². The van der Waals surface area contributed by atoms with Crippen LogP contribution in [-0.2, 0) is 0 Å². The van der Waals surface area contributed by atoms with Crippen molar-refractivity contribution in [3.05, 3.63) is 35.4 Å². The van der Waals surface area contributed by atoms with Gasteiger partial charge in [-0.1, -0.05) is 6.42 Å². The minimum absolute atomic E-state index is 0.0782. The molecule has 3 nitrogen and oxygen atoms in total. The number of nitrogens with zero attached hydrogens (tertiary/aromatic N) is 1. The third-order valence-corrected chi connectivity index (χ3v) is 3.73. The number of benzene rings is 1. The Morgan fingerprint density at radius 1 is 1.40 bits per heavy atom. The highest BCUT2D eigenvalue weighted by atomic mass is 19.1. The normalized spacial score (nSPS) is 18.9. The van der Waals surface area contributed by atoms with Gasteiger partial charge in [0.1, 0.15) is 11.6 Å². The molecule has 1 aromatic carbocycles. The summed E-state index contributed by atoms with van der Waals surface area (Å²) >= 11 is 0. The van der Waals surface area contributed by atoms with Crippen molar-refractivity contribution in [1.29, 1.82) is 0 Å². The van der Waals surface area contributed by atoms with Crippen LogP contribution in [0, 0.1) is 11.6 Å². The number of hydrogen-bond acceptors (Lipinski definition) is 2. The Kier molecular flexibility index (Phi) is 5.06.